The van der Waals surface area contributed by atoms with Crippen molar-refractivity contribution in [2.45, 2.75) is 12.8 Å². The van der Waals surface area contributed by atoms with Gasteiger partial charge < -0.3 is 15.6 Å². The summed E-state index contributed by atoms with van der Waals surface area (Å²) in [4.78, 5) is 11.2. The lowest BCUT2D eigenvalue weighted by Crippen LogP contribution is -2.31. The van der Waals surface area contributed by atoms with Gasteiger partial charge in [-0.3, -0.25) is 0 Å². The zero-order chi connectivity index (χ0) is 9.26. The Kier molecular flexibility index (Phi) is 1.96. The normalized spacial score (nSPS) is 20.7. The lowest BCUT2D eigenvalue weighted by Gasteiger charge is -2.15. The van der Waals surface area contributed by atoms with Crippen LogP contribution in [-0.4, -0.2) is 13.1 Å². The fraction of sp³-hybridized carbons (Fsp3) is 0.444. The fourth-order valence-corrected chi connectivity index (χ4v) is 1.29. The maximum absolute atomic E-state index is 11.2. The van der Waals surface area contributed by atoms with Gasteiger partial charge in [0.2, 0.25) is 0 Å². The molecular weight excluding hydrogens is 168 g/mol. The smallest absolute Gasteiger partial charge is 0.339 e. The van der Waals surface area contributed by atoms with Gasteiger partial charge in [0.05, 0.1) is 12.7 Å². The number of hydrogen-bond acceptors (Lipinski definition) is 4. The van der Waals surface area contributed by atoms with E-state index in [-0.39, 0.29) is 5.97 Å². The van der Waals surface area contributed by atoms with Gasteiger partial charge in [-0.2, -0.15) is 0 Å². The van der Waals surface area contributed by atoms with Crippen molar-refractivity contribution in [1.82, 2.24) is 10.9 Å². The fourth-order valence-electron chi connectivity index (χ4n) is 1.29. The Morgan fingerprint density at radius 1 is 1.62 bits per heavy atom. The van der Waals surface area contributed by atoms with Gasteiger partial charge in [-0.25, -0.2) is 4.79 Å². The van der Waals surface area contributed by atoms with Crippen LogP contribution in [0.4, 0.5) is 0 Å². The number of carbonyl (C=O) groups excluding carboxylic acids is 1. The Morgan fingerprint density at radius 3 is 3.00 bits per heavy atom. The number of rotatable bonds is 2. The summed E-state index contributed by atoms with van der Waals surface area (Å²) in [6.45, 7) is 0. The van der Waals surface area contributed by atoms with E-state index < -0.39 is 0 Å². The second kappa shape index (κ2) is 3.12. The summed E-state index contributed by atoms with van der Waals surface area (Å²) in [5.41, 5.74) is 7.52. The van der Waals surface area contributed by atoms with E-state index in [1.807, 2.05) is 6.08 Å². The molecule has 0 aromatic carbocycles. The summed E-state index contributed by atoms with van der Waals surface area (Å²) < 4.78 is 4.62. The highest BCUT2D eigenvalue weighted by atomic mass is 16.5. The number of hydrogen-bond donors (Lipinski definition) is 2. The first-order valence-corrected chi connectivity index (χ1v) is 4.33. The molecule has 0 radical (unpaired) electrons. The van der Waals surface area contributed by atoms with E-state index in [1.165, 1.54) is 20.0 Å². The molecule has 0 bridgehead atoms. The molecule has 2 N–H and O–H groups in total. The lowest BCUT2D eigenvalue weighted by atomic mass is 10.2. The number of allylic oxidation sites excluding steroid dienone is 1. The minimum absolute atomic E-state index is 0.299. The monoisotopic (exact) mass is 180 g/mol. The van der Waals surface area contributed by atoms with Crippen molar-refractivity contribution < 1.29 is 9.53 Å². The van der Waals surface area contributed by atoms with Crippen molar-refractivity contribution in [3.05, 3.63) is 23.5 Å². The number of carbonyl (C=O) groups is 1. The largest absolute Gasteiger partial charge is 0.465 e. The molecule has 0 spiro atoms. The van der Waals surface area contributed by atoms with Gasteiger partial charge in [0, 0.05) is 17.8 Å². The van der Waals surface area contributed by atoms with Crippen LogP contribution < -0.4 is 10.9 Å². The molecule has 0 unspecified atom stereocenters. The standard InChI is InChI=1S/C9H12N2O2/c1-13-9(12)7-4-8(6-2-3-6)11-10-5-7/h4-6,10-11H,2-3H2,1H3. The molecule has 0 saturated heterocycles. The van der Waals surface area contributed by atoms with E-state index in [0.717, 1.165) is 5.70 Å². The number of nitrogens with one attached hydrogen (secondary N) is 2. The first kappa shape index (κ1) is 8.16. The molecule has 4 nitrogen and oxygen atoms in total. The van der Waals surface area contributed by atoms with Crippen LogP contribution in [0.15, 0.2) is 23.5 Å². The topological polar surface area (TPSA) is 50.4 Å². The minimum Gasteiger partial charge on any atom is -0.465 e. The summed E-state index contributed by atoms with van der Waals surface area (Å²) in [5.74, 6) is 0.299. The summed E-state index contributed by atoms with van der Waals surface area (Å²) in [6, 6.07) is 0. The van der Waals surface area contributed by atoms with Crippen molar-refractivity contribution in [2.75, 3.05) is 7.11 Å². The highest BCUT2D eigenvalue weighted by Gasteiger charge is 2.28. The molecule has 1 aliphatic heterocycles. The zero-order valence-electron chi connectivity index (χ0n) is 7.46. The number of esters is 1. The lowest BCUT2D eigenvalue weighted by molar-refractivity contribution is -0.135. The van der Waals surface area contributed by atoms with E-state index in [1.54, 1.807) is 6.20 Å². The van der Waals surface area contributed by atoms with E-state index in [9.17, 15) is 4.79 Å². The van der Waals surface area contributed by atoms with Gasteiger partial charge in [-0.1, -0.05) is 0 Å². The second-order valence-corrected chi connectivity index (χ2v) is 3.23. The predicted octanol–water partition coefficient (Wildman–Crippen LogP) is 0.445. The number of hydrazine groups is 1. The Bertz CT molecular complexity index is 290. The molecule has 0 aromatic heterocycles. The SMILES string of the molecule is COC(=O)C1=CNNC(C2CC2)=C1. The van der Waals surface area contributed by atoms with Gasteiger partial charge in [0.1, 0.15) is 0 Å². The number of methoxy groups -OCH3 is 1. The maximum Gasteiger partial charge on any atom is 0.339 e. The Morgan fingerprint density at radius 2 is 2.38 bits per heavy atom. The molecule has 4 heteroatoms. The van der Waals surface area contributed by atoms with E-state index >= 15 is 0 Å². The highest BCUT2D eigenvalue weighted by molar-refractivity contribution is 5.91. The molecule has 70 valence electrons. The van der Waals surface area contributed by atoms with Crippen molar-refractivity contribution >= 4 is 5.97 Å². The van der Waals surface area contributed by atoms with Crippen LogP contribution in [0, 0.1) is 5.92 Å². The maximum atomic E-state index is 11.2. The summed E-state index contributed by atoms with van der Waals surface area (Å²) in [5, 5.41) is 0. The quantitative estimate of drug-likeness (QED) is 0.606. The molecule has 13 heavy (non-hydrogen) atoms. The highest BCUT2D eigenvalue weighted by Crippen LogP contribution is 2.35. The van der Waals surface area contributed by atoms with Gasteiger partial charge in [-0.05, 0) is 18.9 Å². The van der Waals surface area contributed by atoms with Crippen LogP contribution in [0.25, 0.3) is 0 Å². The molecule has 1 fully saturated rings. The van der Waals surface area contributed by atoms with Crippen molar-refractivity contribution in [3.8, 4) is 0 Å². The Labute approximate surface area is 76.6 Å². The number of ether oxygens (including phenoxy) is 1. The van der Waals surface area contributed by atoms with Crippen LogP contribution >= 0.6 is 0 Å². The summed E-state index contributed by atoms with van der Waals surface area (Å²) in [7, 11) is 1.38. The van der Waals surface area contributed by atoms with Gasteiger partial charge >= 0.3 is 5.97 Å². The van der Waals surface area contributed by atoms with E-state index in [2.05, 4.69) is 15.6 Å². The summed E-state index contributed by atoms with van der Waals surface area (Å²) >= 11 is 0. The molecule has 0 aromatic rings. The Balaban J connectivity index is 2.11. The first-order chi connectivity index (χ1) is 6.31. The average Bonchev–Trinajstić information content (AvgIpc) is 3.00. The first-order valence-electron chi connectivity index (χ1n) is 4.33. The predicted molar refractivity (Wildman–Crippen MR) is 47.2 cm³/mol. The molecule has 1 aliphatic carbocycles. The van der Waals surface area contributed by atoms with Crippen molar-refractivity contribution in [1.29, 1.82) is 0 Å². The third kappa shape index (κ3) is 1.66. The van der Waals surface area contributed by atoms with Crippen LogP contribution in [0.5, 0.6) is 0 Å². The third-order valence-electron chi connectivity index (χ3n) is 2.19. The van der Waals surface area contributed by atoms with Crippen LogP contribution in [-0.2, 0) is 9.53 Å². The van der Waals surface area contributed by atoms with E-state index in [4.69, 9.17) is 0 Å². The van der Waals surface area contributed by atoms with Crippen LogP contribution in [0.1, 0.15) is 12.8 Å². The molecule has 1 heterocycles. The van der Waals surface area contributed by atoms with Gasteiger partial charge in [0.15, 0.2) is 0 Å². The van der Waals surface area contributed by atoms with Gasteiger partial charge in [-0.15, -0.1) is 0 Å². The molecule has 0 atom stereocenters. The van der Waals surface area contributed by atoms with Crippen molar-refractivity contribution in [3.63, 3.8) is 0 Å². The zero-order valence-corrected chi connectivity index (χ0v) is 7.46. The molecular formula is C9H12N2O2. The molecule has 2 aliphatic rings. The van der Waals surface area contributed by atoms with Crippen LogP contribution in [0.3, 0.4) is 0 Å². The van der Waals surface area contributed by atoms with Gasteiger partial charge in [0.25, 0.3) is 0 Å². The minimum atomic E-state index is -0.299. The Hall–Kier alpha value is -1.45. The summed E-state index contributed by atoms with van der Waals surface area (Å²) in [6.07, 6.45) is 5.86. The van der Waals surface area contributed by atoms with E-state index in [0.29, 0.717) is 11.5 Å². The third-order valence-corrected chi connectivity index (χ3v) is 2.19. The second-order valence-electron chi connectivity index (χ2n) is 3.23. The van der Waals surface area contributed by atoms with Crippen LogP contribution in [0.2, 0.25) is 0 Å². The molecule has 0 amide bonds. The average molecular weight is 180 g/mol. The molecule has 1 saturated carbocycles. The van der Waals surface area contributed by atoms with Crippen molar-refractivity contribution in [2.24, 2.45) is 5.92 Å². The molecule has 2 rings (SSSR count).